The SMILES string of the molecule is O=C(N[C@H]1CCCN(c2cccnn2)C1)c1cc(O)c2ccccc2c1. The third-order valence-corrected chi connectivity index (χ3v) is 4.74. The summed E-state index contributed by atoms with van der Waals surface area (Å²) in [5.41, 5.74) is 0.470. The number of anilines is 1. The van der Waals surface area contributed by atoms with E-state index in [9.17, 15) is 9.90 Å². The van der Waals surface area contributed by atoms with E-state index in [-0.39, 0.29) is 17.7 Å². The molecule has 0 bridgehead atoms. The molecule has 3 aromatic rings. The number of nitrogens with one attached hydrogen (secondary N) is 1. The Labute approximate surface area is 151 Å². The van der Waals surface area contributed by atoms with Gasteiger partial charge in [0.2, 0.25) is 0 Å². The fourth-order valence-electron chi connectivity index (χ4n) is 3.46. The van der Waals surface area contributed by atoms with E-state index >= 15 is 0 Å². The van der Waals surface area contributed by atoms with Gasteiger partial charge in [-0.15, -0.1) is 5.10 Å². The second kappa shape index (κ2) is 7.00. The molecule has 1 atom stereocenters. The van der Waals surface area contributed by atoms with E-state index in [4.69, 9.17) is 0 Å². The highest BCUT2D eigenvalue weighted by atomic mass is 16.3. The van der Waals surface area contributed by atoms with Crippen molar-refractivity contribution in [2.24, 2.45) is 0 Å². The number of carbonyl (C=O) groups is 1. The van der Waals surface area contributed by atoms with Gasteiger partial charge in [0, 0.05) is 36.3 Å². The molecule has 6 nitrogen and oxygen atoms in total. The maximum atomic E-state index is 12.7. The van der Waals surface area contributed by atoms with Crippen LogP contribution in [0.1, 0.15) is 23.2 Å². The Balaban J connectivity index is 1.49. The van der Waals surface area contributed by atoms with Gasteiger partial charge in [0.05, 0.1) is 0 Å². The number of aromatic nitrogens is 2. The van der Waals surface area contributed by atoms with Crippen molar-refractivity contribution in [2.75, 3.05) is 18.0 Å². The number of hydrogen-bond acceptors (Lipinski definition) is 5. The molecule has 1 saturated heterocycles. The Hall–Kier alpha value is -3.15. The number of amides is 1. The normalized spacial score (nSPS) is 17.2. The van der Waals surface area contributed by atoms with Crippen molar-refractivity contribution < 1.29 is 9.90 Å². The van der Waals surface area contributed by atoms with E-state index < -0.39 is 0 Å². The second-order valence-corrected chi connectivity index (χ2v) is 6.56. The highest BCUT2D eigenvalue weighted by Crippen LogP contribution is 2.26. The zero-order valence-electron chi connectivity index (χ0n) is 14.3. The quantitative estimate of drug-likeness (QED) is 0.761. The fourth-order valence-corrected chi connectivity index (χ4v) is 3.46. The fraction of sp³-hybridized carbons (Fsp3) is 0.250. The van der Waals surface area contributed by atoms with E-state index in [2.05, 4.69) is 20.4 Å². The molecular formula is C20H20N4O2. The predicted octanol–water partition coefficient (Wildman–Crippen LogP) is 2.73. The number of rotatable bonds is 3. The van der Waals surface area contributed by atoms with Crippen molar-refractivity contribution >= 4 is 22.5 Å². The minimum absolute atomic E-state index is 0.0341. The molecule has 1 amide bonds. The van der Waals surface area contributed by atoms with Crippen molar-refractivity contribution in [3.8, 4) is 5.75 Å². The van der Waals surface area contributed by atoms with Gasteiger partial charge in [0.25, 0.3) is 5.91 Å². The van der Waals surface area contributed by atoms with E-state index in [0.717, 1.165) is 36.0 Å². The van der Waals surface area contributed by atoms with Gasteiger partial charge in [-0.25, -0.2) is 0 Å². The number of carbonyl (C=O) groups excluding carboxylic acids is 1. The number of phenolic OH excluding ortho intramolecular Hbond substituents is 1. The van der Waals surface area contributed by atoms with Crippen LogP contribution in [0, 0.1) is 0 Å². The van der Waals surface area contributed by atoms with Crippen molar-refractivity contribution in [2.45, 2.75) is 18.9 Å². The van der Waals surface area contributed by atoms with E-state index in [0.29, 0.717) is 12.1 Å². The average Bonchev–Trinajstić information content (AvgIpc) is 2.69. The number of phenols is 1. The van der Waals surface area contributed by atoms with Crippen LogP contribution in [0.5, 0.6) is 5.75 Å². The zero-order chi connectivity index (χ0) is 17.9. The van der Waals surface area contributed by atoms with Gasteiger partial charge in [-0.1, -0.05) is 24.3 Å². The Bertz CT molecular complexity index is 930. The number of fused-ring (bicyclic) bond motifs is 1. The molecule has 4 rings (SSSR count). The average molecular weight is 348 g/mol. The summed E-state index contributed by atoms with van der Waals surface area (Å²) in [6.07, 6.45) is 3.55. The monoisotopic (exact) mass is 348 g/mol. The summed E-state index contributed by atoms with van der Waals surface area (Å²) in [7, 11) is 0. The van der Waals surface area contributed by atoms with Gasteiger partial charge in [-0.3, -0.25) is 4.79 Å². The topological polar surface area (TPSA) is 78.4 Å². The first-order valence-electron chi connectivity index (χ1n) is 8.76. The van der Waals surface area contributed by atoms with Crippen LogP contribution in [0.15, 0.2) is 54.7 Å². The largest absolute Gasteiger partial charge is 0.507 e. The van der Waals surface area contributed by atoms with Crippen LogP contribution in [0.25, 0.3) is 10.8 Å². The van der Waals surface area contributed by atoms with Crippen LogP contribution >= 0.6 is 0 Å². The summed E-state index contributed by atoms with van der Waals surface area (Å²) in [5.74, 6) is 0.782. The molecule has 2 N–H and O–H groups in total. The van der Waals surface area contributed by atoms with Gasteiger partial charge in [0.1, 0.15) is 5.75 Å². The highest BCUT2D eigenvalue weighted by Gasteiger charge is 2.23. The number of benzene rings is 2. The molecule has 1 aliphatic rings. The zero-order valence-corrected chi connectivity index (χ0v) is 14.3. The molecule has 2 aromatic carbocycles. The molecule has 1 fully saturated rings. The first kappa shape index (κ1) is 16.3. The summed E-state index contributed by atoms with van der Waals surface area (Å²) in [6.45, 7) is 1.60. The summed E-state index contributed by atoms with van der Waals surface area (Å²) >= 11 is 0. The molecule has 0 aliphatic carbocycles. The summed E-state index contributed by atoms with van der Waals surface area (Å²) < 4.78 is 0. The van der Waals surface area contributed by atoms with Crippen LogP contribution in [-0.4, -0.2) is 40.3 Å². The highest BCUT2D eigenvalue weighted by molar-refractivity contribution is 6.00. The van der Waals surface area contributed by atoms with Crippen LogP contribution in [-0.2, 0) is 0 Å². The third-order valence-electron chi connectivity index (χ3n) is 4.74. The lowest BCUT2D eigenvalue weighted by atomic mass is 10.0. The molecule has 0 saturated carbocycles. The van der Waals surface area contributed by atoms with E-state index in [1.807, 2.05) is 42.5 Å². The lowest BCUT2D eigenvalue weighted by Gasteiger charge is -2.33. The van der Waals surface area contributed by atoms with Crippen LogP contribution in [0.4, 0.5) is 5.82 Å². The molecular weight excluding hydrogens is 328 g/mol. The molecule has 0 radical (unpaired) electrons. The van der Waals surface area contributed by atoms with Crippen LogP contribution in [0.2, 0.25) is 0 Å². The first-order valence-corrected chi connectivity index (χ1v) is 8.76. The molecule has 1 aliphatic heterocycles. The molecule has 132 valence electrons. The minimum Gasteiger partial charge on any atom is -0.507 e. The van der Waals surface area contributed by atoms with Gasteiger partial charge < -0.3 is 15.3 Å². The number of hydrogen-bond donors (Lipinski definition) is 2. The Morgan fingerprint density at radius 1 is 1.19 bits per heavy atom. The Morgan fingerprint density at radius 3 is 2.92 bits per heavy atom. The summed E-state index contributed by atoms with van der Waals surface area (Å²) in [4.78, 5) is 14.8. The van der Waals surface area contributed by atoms with Crippen molar-refractivity contribution in [1.29, 1.82) is 0 Å². The minimum atomic E-state index is -0.169. The first-order chi connectivity index (χ1) is 12.7. The second-order valence-electron chi connectivity index (χ2n) is 6.56. The molecule has 0 unspecified atom stereocenters. The predicted molar refractivity (Wildman–Crippen MR) is 100 cm³/mol. The summed E-state index contributed by atoms with van der Waals surface area (Å²) in [5, 5.41) is 23.0. The van der Waals surface area contributed by atoms with E-state index in [1.165, 1.54) is 6.07 Å². The maximum absolute atomic E-state index is 12.7. The number of piperidine rings is 1. The van der Waals surface area contributed by atoms with Crippen molar-refractivity contribution in [3.05, 3.63) is 60.3 Å². The van der Waals surface area contributed by atoms with Gasteiger partial charge in [-0.05, 0) is 42.5 Å². The van der Waals surface area contributed by atoms with Crippen molar-refractivity contribution in [1.82, 2.24) is 15.5 Å². The molecule has 26 heavy (non-hydrogen) atoms. The number of nitrogens with zero attached hydrogens (tertiary/aromatic N) is 3. The van der Waals surface area contributed by atoms with E-state index in [1.54, 1.807) is 6.20 Å². The van der Waals surface area contributed by atoms with Gasteiger partial charge in [0.15, 0.2) is 5.82 Å². The standard InChI is InChI=1S/C20H20N4O2/c25-18-12-15(11-14-5-1-2-7-17(14)18)20(26)22-16-6-4-10-24(13-16)19-8-3-9-21-23-19/h1-3,5,7-9,11-12,16,25H,4,6,10,13H2,(H,22,26)/t16-/m0/s1. The Morgan fingerprint density at radius 2 is 2.08 bits per heavy atom. The maximum Gasteiger partial charge on any atom is 0.251 e. The van der Waals surface area contributed by atoms with Crippen molar-refractivity contribution in [3.63, 3.8) is 0 Å². The molecule has 6 heteroatoms. The Kier molecular flexibility index (Phi) is 4.39. The lowest BCUT2D eigenvalue weighted by molar-refractivity contribution is 0.0933. The van der Waals surface area contributed by atoms with Gasteiger partial charge >= 0.3 is 0 Å². The van der Waals surface area contributed by atoms with Crippen LogP contribution in [0.3, 0.4) is 0 Å². The smallest absolute Gasteiger partial charge is 0.251 e. The summed E-state index contributed by atoms with van der Waals surface area (Å²) in [6, 6.07) is 14.7. The van der Waals surface area contributed by atoms with Crippen LogP contribution < -0.4 is 10.2 Å². The molecule has 1 aromatic heterocycles. The number of aromatic hydroxyl groups is 1. The third kappa shape index (κ3) is 3.31. The lowest BCUT2D eigenvalue weighted by Crippen LogP contribution is -2.48. The van der Waals surface area contributed by atoms with Gasteiger partial charge in [-0.2, -0.15) is 5.10 Å². The molecule has 2 heterocycles. The molecule has 0 spiro atoms.